The number of likely N-dealkylation sites (N-methyl/N-ethyl adjacent to an activating group) is 1. The highest BCUT2D eigenvalue weighted by molar-refractivity contribution is 7.17. The number of anilines is 1. The largest absolute Gasteiger partial charge is 0.376 e. The summed E-state index contributed by atoms with van der Waals surface area (Å²) in [6, 6.07) is -0.647. The average Bonchev–Trinajstić information content (AvgIpc) is 3.26. The van der Waals surface area contributed by atoms with Gasteiger partial charge in [0.05, 0.1) is 18.8 Å². The van der Waals surface area contributed by atoms with E-state index in [0.717, 1.165) is 15.3 Å². The number of imide groups is 1. The van der Waals surface area contributed by atoms with Gasteiger partial charge in [0, 0.05) is 24.5 Å². The maximum absolute atomic E-state index is 12.8. The lowest BCUT2D eigenvalue weighted by molar-refractivity contribution is -0.153. The van der Waals surface area contributed by atoms with Crippen molar-refractivity contribution < 1.29 is 23.6 Å². The Labute approximate surface area is 164 Å². The zero-order chi connectivity index (χ0) is 19.8. The molecule has 2 aliphatic rings. The minimum absolute atomic E-state index is 0.146. The number of hydrogen-bond acceptors (Lipinski definition) is 8. The van der Waals surface area contributed by atoms with Crippen molar-refractivity contribution in [3.8, 4) is 11.5 Å². The second kappa shape index (κ2) is 7.32. The molecule has 0 radical (unpaired) electrons. The molecule has 1 saturated heterocycles. The molecule has 148 valence electrons. The van der Waals surface area contributed by atoms with Crippen molar-refractivity contribution >= 4 is 34.2 Å². The monoisotopic (exact) mass is 405 g/mol. The van der Waals surface area contributed by atoms with E-state index in [0.29, 0.717) is 55.0 Å². The number of carbonyl (C=O) groups is 3. The maximum Gasteiger partial charge on any atom is 0.329 e. The molecule has 0 unspecified atom stereocenters. The Kier molecular flexibility index (Phi) is 4.85. The van der Waals surface area contributed by atoms with Gasteiger partial charge >= 0.3 is 17.8 Å². The fourth-order valence-electron chi connectivity index (χ4n) is 3.28. The Bertz CT molecular complexity index is 952. The number of urea groups is 1. The van der Waals surface area contributed by atoms with E-state index in [1.165, 1.54) is 16.2 Å². The number of ether oxygens (including phenoxy) is 1. The lowest BCUT2D eigenvalue weighted by Gasteiger charge is -2.31. The molecule has 2 aromatic rings. The van der Waals surface area contributed by atoms with E-state index in [4.69, 9.17) is 9.26 Å². The van der Waals surface area contributed by atoms with Crippen LogP contribution in [0.2, 0.25) is 0 Å². The summed E-state index contributed by atoms with van der Waals surface area (Å²) in [4.78, 5) is 44.7. The van der Waals surface area contributed by atoms with Crippen molar-refractivity contribution in [3.05, 3.63) is 16.3 Å². The first-order chi connectivity index (χ1) is 13.5. The second-order valence-electron chi connectivity index (χ2n) is 6.43. The molecule has 0 aromatic carbocycles. The molecule has 1 fully saturated rings. The normalized spacial score (nSPS) is 17.1. The molecule has 1 N–H and O–H groups in total. The molecule has 0 bridgehead atoms. The highest BCUT2D eigenvalue weighted by atomic mass is 32.1. The van der Waals surface area contributed by atoms with Crippen LogP contribution in [0.3, 0.4) is 0 Å². The van der Waals surface area contributed by atoms with Crippen LogP contribution >= 0.6 is 11.3 Å². The van der Waals surface area contributed by atoms with E-state index in [1.807, 2.05) is 0 Å². The third-order valence-electron chi connectivity index (χ3n) is 4.72. The van der Waals surface area contributed by atoms with Gasteiger partial charge in [-0.1, -0.05) is 5.16 Å². The number of fused-ring (bicyclic) bond motifs is 1. The molecule has 0 aliphatic carbocycles. The summed E-state index contributed by atoms with van der Waals surface area (Å²) >= 11 is 1.35. The SMILES string of the molecule is CCN1CCN(C(=O)Nc2sc3c(c2-c2nc(C)no2)CCOC3)C(=O)C1=O. The van der Waals surface area contributed by atoms with Crippen LogP contribution in [0.1, 0.15) is 23.2 Å². The van der Waals surface area contributed by atoms with E-state index in [9.17, 15) is 14.4 Å². The molecule has 4 amide bonds. The first-order valence-electron chi connectivity index (χ1n) is 8.94. The van der Waals surface area contributed by atoms with Gasteiger partial charge in [0.15, 0.2) is 5.82 Å². The molecule has 0 spiro atoms. The second-order valence-corrected chi connectivity index (χ2v) is 7.53. The highest BCUT2D eigenvalue weighted by Gasteiger charge is 2.36. The van der Waals surface area contributed by atoms with Crippen molar-refractivity contribution in [3.63, 3.8) is 0 Å². The van der Waals surface area contributed by atoms with E-state index in [1.54, 1.807) is 13.8 Å². The van der Waals surface area contributed by atoms with Crippen molar-refractivity contribution in [2.24, 2.45) is 0 Å². The number of aromatic nitrogens is 2. The molecule has 2 aliphatic heterocycles. The summed E-state index contributed by atoms with van der Waals surface area (Å²) < 4.78 is 10.8. The number of piperazine rings is 1. The highest BCUT2D eigenvalue weighted by Crippen LogP contribution is 2.42. The number of amides is 4. The fourth-order valence-corrected chi connectivity index (χ4v) is 4.45. The molecule has 10 nitrogen and oxygen atoms in total. The molecular formula is C17H19N5O5S. The van der Waals surface area contributed by atoms with Gasteiger partial charge in [0.2, 0.25) is 0 Å². The number of aryl methyl sites for hydroxylation is 1. The molecule has 2 aromatic heterocycles. The Morgan fingerprint density at radius 2 is 2.11 bits per heavy atom. The summed E-state index contributed by atoms with van der Waals surface area (Å²) in [5.41, 5.74) is 1.65. The third kappa shape index (κ3) is 3.16. The van der Waals surface area contributed by atoms with Crippen molar-refractivity contribution in [1.82, 2.24) is 19.9 Å². The molecule has 0 saturated carbocycles. The molecule has 4 heterocycles. The van der Waals surface area contributed by atoms with Gasteiger partial charge in [0.25, 0.3) is 5.89 Å². The Balaban J connectivity index is 1.63. The number of rotatable bonds is 3. The van der Waals surface area contributed by atoms with Gasteiger partial charge in [-0.05, 0) is 25.8 Å². The minimum atomic E-state index is -0.828. The van der Waals surface area contributed by atoms with Gasteiger partial charge in [-0.15, -0.1) is 11.3 Å². The Morgan fingerprint density at radius 1 is 1.29 bits per heavy atom. The molecule has 28 heavy (non-hydrogen) atoms. The van der Waals surface area contributed by atoms with Gasteiger partial charge in [-0.25, -0.2) is 4.79 Å². The predicted octanol–water partition coefficient (Wildman–Crippen LogP) is 1.40. The lowest BCUT2D eigenvalue weighted by atomic mass is 10.1. The molecule has 11 heteroatoms. The fraction of sp³-hybridized carbons (Fsp3) is 0.471. The number of nitrogens with one attached hydrogen (secondary N) is 1. The van der Waals surface area contributed by atoms with Gasteiger partial charge in [0.1, 0.15) is 5.00 Å². The van der Waals surface area contributed by atoms with E-state index >= 15 is 0 Å². The predicted molar refractivity (Wildman–Crippen MR) is 98.7 cm³/mol. The van der Waals surface area contributed by atoms with E-state index in [2.05, 4.69) is 15.5 Å². The molecule has 0 atom stereocenters. The van der Waals surface area contributed by atoms with Crippen molar-refractivity contribution in [2.75, 3.05) is 31.6 Å². The summed E-state index contributed by atoms with van der Waals surface area (Å²) in [5, 5.41) is 7.09. The first-order valence-corrected chi connectivity index (χ1v) is 9.76. The van der Waals surface area contributed by atoms with Crippen LogP contribution in [-0.2, 0) is 27.4 Å². The minimum Gasteiger partial charge on any atom is -0.376 e. The van der Waals surface area contributed by atoms with Crippen LogP contribution < -0.4 is 5.32 Å². The molecular weight excluding hydrogens is 386 g/mol. The van der Waals surface area contributed by atoms with Crippen molar-refractivity contribution in [1.29, 1.82) is 0 Å². The van der Waals surface area contributed by atoms with Gasteiger partial charge in [-0.2, -0.15) is 4.98 Å². The quantitative estimate of drug-likeness (QED) is 0.767. The lowest BCUT2D eigenvalue weighted by Crippen LogP contribution is -2.56. The summed E-state index contributed by atoms with van der Waals surface area (Å²) in [6.45, 7) is 5.39. The standard InChI is InChI=1S/C17H19N5O5S/c1-3-21-5-6-22(16(24)15(21)23)17(25)19-14-12(13-18-9(2)20-27-13)10-4-7-26-8-11(10)28-14/h3-8H2,1-2H3,(H,19,25). The Hall–Kier alpha value is -2.79. The van der Waals surface area contributed by atoms with Gasteiger partial charge < -0.3 is 14.2 Å². The topological polar surface area (TPSA) is 118 Å². The third-order valence-corrected chi connectivity index (χ3v) is 5.84. The van der Waals surface area contributed by atoms with Crippen LogP contribution in [-0.4, -0.2) is 64.0 Å². The van der Waals surface area contributed by atoms with Crippen LogP contribution in [0.15, 0.2) is 4.52 Å². The smallest absolute Gasteiger partial charge is 0.329 e. The zero-order valence-electron chi connectivity index (χ0n) is 15.5. The van der Waals surface area contributed by atoms with Crippen LogP contribution in [0.4, 0.5) is 9.80 Å². The van der Waals surface area contributed by atoms with Crippen LogP contribution in [0.25, 0.3) is 11.5 Å². The number of thiophene rings is 1. The summed E-state index contributed by atoms with van der Waals surface area (Å²) in [6.07, 6.45) is 0.658. The van der Waals surface area contributed by atoms with Crippen LogP contribution in [0.5, 0.6) is 0 Å². The summed E-state index contributed by atoms with van der Waals surface area (Å²) in [7, 11) is 0. The van der Waals surface area contributed by atoms with Crippen LogP contribution in [0, 0.1) is 6.92 Å². The maximum atomic E-state index is 12.8. The van der Waals surface area contributed by atoms with Gasteiger partial charge in [-0.3, -0.25) is 19.8 Å². The number of hydrogen-bond donors (Lipinski definition) is 1. The van der Waals surface area contributed by atoms with E-state index < -0.39 is 17.8 Å². The number of nitrogens with zero attached hydrogens (tertiary/aromatic N) is 4. The average molecular weight is 405 g/mol. The summed E-state index contributed by atoms with van der Waals surface area (Å²) in [5.74, 6) is -0.706. The Morgan fingerprint density at radius 3 is 2.82 bits per heavy atom. The zero-order valence-corrected chi connectivity index (χ0v) is 16.3. The number of carbonyl (C=O) groups excluding carboxylic acids is 3. The first kappa shape index (κ1) is 18.6. The van der Waals surface area contributed by atoms with Crippen molar-refractivity contribution in [2.45, 2.75) is 26.9 Å². The van der Waals surface area contributed by atoms with E-state index in [-0.39, 0.29) is 6.54 Å². The molecule has 4 rings (SSSR count).